The maximum Gasteiger partial charge on any atom is 0.320 e. The molecule has 2 heterocycles. The van der Waals surface area contributed by atoms with E-state index in [1.165, 1.54) is 14.2 Å². The fourth-order valence-electron chi connectivity index (χ4n) is 3.05. The zero-order valence-electron chi connectivity index (χ0n) is 14.9. The second-order valence-corrected chi connectivity index (χ2v) is 5.85. The van der Waals surface area contributed by atoms with Gasteiger partial charge in [-0.2, -0.15) is 9.97 Å². The van der Waals surface area contributed by atoms with Gasteiger partial charge in [0.2, 0.25) is 5.88 Å². The van der Waals surface area contributed by atoms with Crippen LogP contribution in [0, 0.1) is 0 Å². The molecule has 134 valence electrons. The van der Waals surface area contributed by atoms with Gasteiger partial charge in [0.15, 0.2) is 0 Å². The third-order valence-electron chi connectivity index (χ3n) is 4.27. The number of nitrogens with zero attached hydrogens (tertiary/aromatic N) is 3. The van der Waals surface area contributed by atoms with Crippen molar-refractivity contribution in [3.63, 3.8) is 0 Å². The average molecular weight is 359 g/mol. The van der Waals surface area contributed by atoms with E-state index >= 15 is 0 Å². The van der Waals surface area contributed by atoms with E-state index in [1.807, 2.05) is 66.7 Å². The highest BCUT2D eigenvalue weighted by Gasteiger charge is 2.19. The molecule has 0 fully saturated rings. The van der Waals surface area contributed by atoms with Crippen molar-refractivity contribution in [1.82, 2.24) is 14.5 Å². The highest BCUT2D eigenvalue weighted by Crippen LogP contribution is 2.28. The van der Waals surface area contributed by atoms with Crippen molar-refractivity contribution in [2.24, 2.45) is 0 Å². The summed E-state index contributed by atoms with van der Waals surface area (Å²) in [5.41, 5.74) is 2.59. The Balaban J connectivity index is 2.16. The third kappa shape index (κ3) is 2.91. The second kappa shape index (κ2) is 6.92. The van der Waals surface area contributed by atoms with Gasteiger partial charge in [0.1, 0.15) is 5.39 Å². The predicted molar refractivity (Wildman–Crippen MR) is 104 cm³/mol. The van der Waals surface area contributed by atoms with Crippen LogP contribution in [-0.4, -0.2) is 28.8 Å². The summed E-state index contributed by atoms with van der Waals surface area (Å²) >= 11 is 0. The van der Waals surface area contributed by atoms with Crippen LogP contribution >= 0.6 is 0 Å². The van der Waals surface area contributed by atoms with Crippen molar-refractivity contribution in [3.05, 3.63) is 77.1 Å². The Morgan fingerprint density at radius 3 is 2.15 bits per heavy atom. The first-order valence-corrected chi connectivity index (χ1v) is 8.39. The lowest BCUT2D eigenvalue weighted by atomic mass is 10.1. The predicted octanol–water partition coefficient (Wildman–Crippen LogP) is 3.46. The Kier molecular flexibility index (Phi) is 4.30. The maximum absolute atomic E-state index is 13.5. The number of pyridine rings is 1. The van der Waals surface area contributed by atoms with Gasteiger partial charge in [0.05, 0.1) is 25.4 Å². The van der Waals surface area contributed by atoms with Crippen LogP contribution in [0.3, 0.4) is 0 Å². The minimum absolute atomic E-state index is 0.148. The van der Waals surface area contributed by atoms with Gasteiger partial charge >= 0.3 is 6.01 Å². The second-order valence-electron chi connectivity index (χ2n) is 5.85. The van der Waals surface area contributed by atoms with E-state index in [9.17, 15) is 4.79 Å². The highest BCUT2D eigenvalue weighted by molar-refractivity contribution is 5.87. The summed E-state index contributed by atoms with van der Waals surface area (Å²) in [6, 6.07) is 21.2. The maximum atomic E-state index is 13.5. The first-order chi connectivity index (χ1) is 13.2. The number of methoxy groups -OCH3 is 2. The van der Waals surface area contributed by atoms with Crippen molar-refractivity contribution in [2.45, 2.75) is 0 Å². The molecule has 2 aromatic heterocycles. The number of aromatic nitrogens is 3. The fraction of sp³-hybridized carbons (Fsp3) is 0.0952. The molecule has 27 heavy (non-hydrogen) atoms. The molecule has 0 bridgehead atoms. The van der Waals surface area contributed by atoms with E-state index in [0.717, 1.165) is 16.9 Å². The van der Waals surface area contributed by atoms with Crippen LogP contribution in [0.4, 0.5) is 0 Å². The van der Waals surface area contributed by atoms with Crippen LogP contribution in [0.2, 0.25) is 0 Å². The first kappa shape index (κ1) is 16.8. The van der Waals surface area contributed by atoms with Gasteiger partial charge in [-0.25, -0.2) is 0 Å². The number of ether oxygens (including phenoxy) is 2. The van der Waals surface area contributed by atoms with Crippen molar-refractivity contribution < 1.29 is 9.47 Å². The molecule has 0 saturated carbocycles. The molecule has 4 rings (SSSR count). The SMILES string of the molecule is COc1nc(OC)c2c(=O)n(-c3ccccc3)c(-c3ccccc3)cc2n1. The largest absolute Gasteiger partial charge is 0.480 e. The Morgan fingerprint density at radius 1 is 0.852 bits per heavy atom. The topological polar surface area (TPSA) is 66.2 Å². The molecule has 0 aliphatic heterocycles. The summed E-state index contributed by atoms with van der Waals surface area (Å²) < 4.78 is 12.1. The fourth-order valence-corrected chi connectivity index (χ4v) is 3.05. The minimum atomic E-state index is -0.253. The van der Waals surface area contributed by atoms with E-state index < -0.39 is 0 Å². The summed E-state index contributed by atoms with van der Waals surface area (Å²) in [5, 5.41) is 0.307. The summed E-state index contributed by atoms with van der Waals surface area (Å²) in [6.45, 7) is 0. The summed E-state index contributed by atoms with van der Waals surface area (Å²) in [5.74, 6) is 0.186. The minimum Gasteiger partial charge on any atom is -0.480 e. The molecule has 6 heteroatoms. The Morgan fingerprint density at radius 2 is 1.52 bits per heavy atom. The lowest BCUT2D eigenvalue weighted by Crippen LogP contribution is -2.21. The summed E-state index contributed by atoms with van der Waals surface area (Å²) in [4.78, 5) is 22.0. The van der Waals surface area contributed by atoms with Crippen LogP contribution in [0.5, 0.6) is 11.9 Å². The van der Waals surface area contributed by atoms with Gasteiger partial charge < -0.3 is 9.47 Å². The van der Waals surface area contributed by atoms with E-state index in [-0.39, 0.29) is 17.4 Å². The molecule has 4 aromatic rings. The zero-order chi connectivity index (χ0) is 18.8. The molecule has 0 amide bonds. The standard InChI is InChI=1S/C21H17N3O3/c1-26-19-18-16(22-21(23-19)27-2)13-17(14-9-5-3-6-10-14)24(20(18)25)15-11-7-4-8-12-15/h3-13H,1-2H3. The molecule has 0 saturated heterocycles. The van der Waals surface area contributed by atoms with Gasteiger partial charge in [-0.05, 0) is 23.8 Å². The van der Waals surface area contributed by atoms with E-state index in [1.54, 1.807) is 4.57 Å². The molecule has 0 N–H and O–H groups in total. The third-order valence-corrected chi connectivity index (χ3v) is 4.27. The smallest absolute Gasteiger partial charge is 0.320 e. The number of hydrogen-bond donors (Lipinski definition) is 0. The highest BCUT2D eigenvalue weighted by atomic mass is 16.5. The zero-order valence-corrected chi connectivity index (χ0v) is 14.9. The molecule has 2 aromatic carbocycles. The molecule has 0 aliphatic carbocycles. The van der Waals surface area contributed by atoms with Gasteiger partial charge in [-0.15, -0.1) is 0 Å². The van der Waals surface area contributed by atoms with Crippen LogP contribution in [0.15, 0.2) is 71.5 Å². The van der Waals surface area contributed by atoms with E-state index in [0.29, 0.717) is 10.9 Å². The van der Waals surface area contributed by atoms with Gasteiger partial charge in [-0.3, -0.25) is 9.36 Å². The summed E-state index contributed by atoms with van der Waals surface area (Å²) in [7, 11) is 2.95. The molecular formula is C21H17N3O3. The first-order valence-electron chi connectivity index (χ1n) is 8.39. The van der Waals surface area contributed by atoms with E-state index in [2.05, 4.69) is 9.97 Å². The number of benzene rings is 2. The molecule has 0 unspecified atom stereocenters. The normalized spacial score (nSPS) is 10.7. The number of para-hydroxylation sites is 1. The van der Waals surface area contributed by atoms with Crippen LogP contribution in [0.1, 0.15) is 0 Å². The average Bonchev–Trinajstić information content (AvgIpc) is 2.73. The number of rotatable bonds is 4. The Bertz CT molecular complexity index is 1160. The van der Waals surface area contributed by atoms with Crippen LogP contribution in [0.25, 0.3) is 27.8 Å². The van der Waals surface area contributed by atoms with Crippen LogP contribution < -0.4 is 15.0 Å². The van der Waals surface area contributed by atoms with Crippen molar-refractivity contribution in [3.8, 4) is 28.8 Å². The van der Waals surface area contributed by atoms with Gasteiger partial charge in [0, 0.05) is 5.69 Å². The van der Waals surface area contributed by atoms with Crippen LogP contribution in [-0.2, 0) is 0 Å². The van der Waals surface area contributed by atoms with Gasteiger partial charge in [0.25, 0.3) is 5.56 Å². The molecular weight excluding hydrogens is 342 g/mol. The lowest BCUT2D eigenvalue weighted by molar-refractivity contribution is 0.356. The lowest BCUT2D eigenvalue weighted by Gasteiger charge is -2.16. The molecule has 6 nitrogen and oxygen atoms in total. The number of fused-ring (bicyclic) bond motifs is 1. The monoisotopic (exact) mass is 359 g/mol. The summed E-state index contributed by atoms with van der Waals surface area (Å²) in [6.07, 6.45) is 0. The Hall–Kier alpha value is -3.67. The van der Waals surface area contributed by atoms with Crippen molar-refractivity contribution in [1.29, 1.82) is 0 Å². The molecule has 0 spiro atoms. The van der Waals surface area contributed by atoms with Crippen molar-refractivity contribution >= 4 is 10.9 Å². The van der Waals surface area contributed by atoms with Gasteiger partial charge in [-0.1, -0.05) is 48.5 Å². The van der Waals surface area contributed by atoms with Crippen molar-refractivity contribution in [2.75, 3.05) is 14.2 Å². The quantitative estimate of drug-likeness (QED) is 0.558. The van der Waals surface area contributed by atoms with E-state index in [4.69, 9.17) is 9.47 Å². The number of hydrogen-bond acceptors (Lipinski definition) is 5. The molecule has 0 aliphatic rings. The molecule has 0 atom stereocenters. The Labute approximate surface area is 155 Å². The molecule has 0 radical (unpaired) electrons.